The number of carbonyl (C=O) groups excluding carboxylic acids is 2. The number of furan rings is 1. The molecule has 170 valence electrons. The number of ether oxygens (including phenoxy) is 2. The Kier molecular flexibility index (Phi) is 6.54. The number of rotatable bonds is 7. The highest BCUT2D eigenvalue weighted by Crippen LogP contribution is 2.29. The molecule has 3 aromatic rings. The second-order valence-electron chi connectivity index (χ2n) is 7.04. The average Bonchev–Trinajstić information content (AvgIpc) is 3.51. The van der Waals surface area contributed by atoms with Crippen LogP contribution in [-0.4, -0.2) is 61.2 Å². The Bertz CT molecular complexity index is 1160. The number of carbonyl (C=O) groups is 2. The van der Waals surface area contributed by atoms with Gasteiger partial charge in [-0.15, -0.1) is 0 Å². The van der Waals surface area contributed by atoms with E-state index in [1.807, 2.05) is 11.0 Å². The van der Waals surface area contributed by atoms with Crippen molar-refractivity contribution in [3.05, 3.63) is 54.2 Å². The number of amides is 1. The Hall–Kier alpha value is -4.33. The molecule has 33 heavy (non-hydrogen) atoms. The van der Waals surface area contributed by atoms with Gasteiger partial charge in [-0.25, -0.2) is 9.18 Å². The summed E-state index contributed by atoms with van der Waals surface area (Å²) < 4.78 is 34.2. The van der Waals surface area contributed by atoms with Crippen molar-refractivity contribution in [3.63, 3.8) is 0 Å². The monoisotopic (exact) mass is 454 g/mol. The number of oxazole rings is 1. The van der Waals surface area contributed by atoms with Gasteiger partial charge in [-0.2, -0.15) is 10.2 Å². The zero-order valence-corrected chi connectivity index (χ0v) is 17.4. The van der Waals surface area contributed by atoms with Gasteiger partial charge in [0.25, 0.3) is 11.8 Å². The Morgan fingerprint density at radius 3 is 2.67 bits per heavy atom. The Balaban J connectivity index is 1.25. The summed E-state index contributed by atoms with van der Waals surface area (Å²) in [6.07, 6.45) is 1.48. The van der Waals surface area contributed by atoms with Gasteiger partial charge < -0.3 is 28.1 Å². The fourth-order valence-electron chi connectivity index (χ4n) is 3.24. The normalized spacial score (nSPS) is 13.5. The number of anilines is 1. The van der Waals surface area contributed by atoms with Crippen LogP contribution in [0.5, 0.6) is 5.75 Å². The lowest BCUT2D eigenvalue weighted by Gasteiger charge is -2.34. The first-order valence-corrected chi connectivity index (χ1v) is 10.0. The molecule has 1 aliphatic heterocycles. The molecule has 0 aliphatic carbocycles. The standard InChI is InChI=1S/C22H19FN4O6/c23-15-3-1-4-16(11-15)31-14-20(29)32-13-19(28)26-6-8-27(9-7-26)22-17(12-24)25-21(33-22)18-5-2-10-30-18/h1-5,10-11H,6-9,13-14H2. The molecule has 0 saturated carbocycles. The Morgan fingerprint density at radius 1 is 1.15 bits per heavy atom. The van der Waals surface area contributed by atoms with E-state index in [9.17, 15) is 19.2 Å². The van der Waals surface area contributed by atoms with E-state index < -0.39 is 25.0 Å². The van der Waals surface area contributed by atoms with Crippen LogP contribution in [0, 0.1) is 17.1 Å². The van der Waals surface area contributed by atoms with Crippen molar-refractivity contribution in [2.45, 2.75) is 0 Å². The molecule has 1 fully saturated rings. The minimum absolute atomic E-state index is 0.133. The summed E-state index contributed by atoms with van der Waals surface area (Å²) in [7, 11) is 0. The van der Waals surface area contributed by atoms with Gasteiger partial charge in [0.15, 0.2) is 19.0 Å². The van der Waals surface area contributed by atoms with Crippen molar-refractivity contribution in [1.82, 2.24) is 9.88 Å². The van der Waals surface area contributed by atoms with Crippen molar-refractivity contribution in [3.8, 4) is 23.5 Å². The predicted octanol–water partition coefficient (Wildman–Crippen LogP) is 2.22. The van der Waals surface area contributed by atoms with Crippen LogP contribution >= 0.6 is 0 Å². The maximum absolute atomic E-state index is 13.1. The molecule has 0 spiro atoms. The fourth-order valence-corrected chi connectivity index (χ4v) is 3.24. The minimum Gasteiger partial charge on any atom is -0.482 e. The lowest BCUT2D eigenvalue weighted by molar-refractivity contribution is -0.153. The van der Waals surface area contributed by atoms with Gasteiger partial charge in [0, 0.05) is 32.2 Å². The third kappa shape index (κ3) is 5.30. The second kappa shape index (κ2) is 9.86. The van der Waals surface area contributed by atoms with Gasteiger partial charge in [-0.3, -0.25) is 4.79 Å². The summed E-state index contributed by atoms with van der Waals surface area (Å²) >= 11 is 0. The van der Waals surface area contributed by atoms with Gasteiger partial charge in [0.1, 0.15) is 17.6 Å². The van der Waals surface area contributed by atoms with Crippen molar-refractivity contribution < 1.29 is 32.3 Å². The van der Waals surface area contributed by atoms with Gasteiger partial charge in [0.05, 0.1) is 6.26 Å². The quantitative estimate of drug-likeness (QED) is 0.495. The molecule has 1 aromatic carbocycles. The molecule has 0 atom stereocenters. The third-order valence-corrected chi connectivity index (χ3v) is 4.88. The van der Waals surface area contributed by atoms with Crippen molar-refractivity contribution in [1.29, 1.82) is 5.26 Å². The average molecular weight is 454 g/mol. The van der Waals surface area contributed by atoms with E-state index in [1.165, 1.54) is 24.5 Å². The number of aromatic nitrogens is 1. The van der Waals surface area contributed by atoms with Crippen LogP contribution in [-0.2, 0) is 14.3 Å². The first kappa shape index (κ1) is 21.9. The third-order valence-electron chi connectivity index (χ3n) is 4.88. The molecule has 1 aliphatic rings. The van der Waals surface area contributed by atoms with E-state index in [-0.39, 0.29) is 23.2 Å². The highest BCUT2D eigenvalue weighted by atomic mass is 19.1. The maximum Gasteiger partial charge on any atom is 0.344 e. The van der Waals surface area contributed by atoms with Gasteiger partial charge in [0.2, 0.25) is 11.6 Å². The largest absolute Gasteiger partial charge is 0.482 e. The molecule has 11 heteroatoms. The lowest BCUT2D eigenvalue weighted by Crippen LogP contribution is -2.50. The highest BCUT2D eigenvalue weighted by molar-refractivity contribution is 5.81. The summed E-state index contributed by atoms with van der Waals surface area (Å²) in [5.41, 5.74) is 0.133. The molecule has 0 N–H and O–H groups in total. The smallest absolute Gasteiger partial charge is 0.344 e. The molecule has 1 saturated heterocycles. The van der Waals surface area contributed by atoms with Gasteiger partial charge in [-0.1, -0.05) is 6.07 Å². The lowest BCUT2D eigenvalue weighted by atomic mass is 10.3. The number of nitrogens with zero attached hydrogens (tertiary/aromatic N) is 4. The number of esters is 1. The first-order valence-electron chi connectivity index (χ1n) is 10.0. The van der Waals surface area contributed by atoms with E-state index in [0.717, 1.165) is 6.07 Å². The SMILES string of the molecule is N#Cc1nc(-c2ccco2)oc1N1CCN(C(=O)COC(=O)COc2cccc(F)c2)CC1. The van der Waals surface area contributed by atoms with Gasteiger partial charge in [-0.05, 0) is 24.3 Å². The molecule has 4 rings (SSSR count). The van der Waals surface area contributed by atoms with Crippen LogP contribution in [0.2, 0.25) is 0 Å². The summed E-state index contributed by atoms with van der Waals surface area (Å²) in [5.74, 6) is -0.461. The summed E-state index contributed by atoms with van der Waals surface area (Å²) in [6, 6.07) is 10.7. The fraction of sp³-hybridized carbons (Fsp3) is 0.273. The number of halogens is 1. The van der Waals surface area contributed by atoms with E-state index in [1.54, 1.807) is 17.0 Å². The van der Waals surface area contributed by atoms with Crippen LogP contribution < -0.4 is 9.64 Å². The van der Waals surface area contributed by atoms with Crippen LogP contribution in [0.4, 0.5) is 10.3 Å². The number of hydrogen-bond acceptors (Lipinski definition) is 9. The zero-order valence-electron chi connectivity index (χ0n) is 17.4. The minimum atomic E-state index is -0.739. The molecule has 2 aromatic heterocycles. The maximum atomic E-state index is 13.1. The summed E-state index contributed by atoms with van der Waals surface area (Å²) in [6.45, 7) is 0.633. The van der Waals surface area contributed by atoms with E-state index in [2.05, 4.69) is 4.98 Å². The molecule has 1 amide bonds. The zero-order chi connectivity index (χ0) is 23.2. The predicted molar refractivity (Wildman–Crippen MR) is 111 cm³/mol. The summed E-state index contributed by atoms with van der Waals surface area (Å²) in [4.78, 5) is 31.7. The molecule has 10 nitrogen and oxygen atoms in total. The van der Waals surface area contributed by atoms with Crippen molar-refractivity contribution in [2.75, 3.05) is 44.3 Å². The van der Waals surface area contributed by atoms with E-state index in [0.29, 0.717) is 37.8 Å². The van der Waals surface area contributed by atoms with Crippen LogP contribution in [0.15, 0.2) is 51.5 Å². The van der Waals surface area contributed by atoms with Crippen molar-refractivity contribution >= 4 is 17.8 Å². The number of piperazine rings is 1. The number of nitriles is 1. The summed E-state index contributed by atoms with van der Waals surface area (Å²) in [5, 5.41) is 9.38. The number of benzene rings is 1. The van der Waals surface area contributed by atoms with Crippen LogP contribution in [0.3, 0.4) is 0 Å². The molecule has 0 bridgehead atoms. The second-order valence-corrected chi connectivity index (χ2v) is 7.04. The number of hydrogen-bond donors (Lipinski definition) is 0. The van der Waals surface area contributed by atoms with Crippen LogP contribution in [0.1, 0.15) is 5.69 Å². The first-order chi connectivity index (χ1) is 16.0. The molecule has 3 heterocycles. The molecule has 0 radical (unpaired) electrons. The van der Waals surface area contributed by atoms with Crippen LogP contribution in [0.25, 0.3) is 11.7 Å². The van der Waals surface area contributed by atoms with E-state index in [4.69, 9.17) is 18.3 Å². The topological polar surface area (TPSA) is 122 Å². The Morgan fingerprint density at radius 2 is 1.97 bits per heavy atom. The van der Waals surface area contributed by atoms with Gasteiger partial charge >= 0.3 is 5.97 Å². The molecular weight excluding hydrogens is 435 g/mol. The highest BCUT2D eigenvalue weighted by Gasteiger charge is 2.27. The molecular formula is C22H19FN4O6. The van der Waals surface area contributed by atoms with Crippen molar-refractivity contribution in [2.24, 2.45) is 0 Å². The Labute approximate surface area is 187 Å². The van der Waals surface area contributed by atoms with E-state index >= 15 is 0 Å². The molecule has 0 unspecified atom stereocenters.